The highest BCUT2D eigenvalue weighted by atomic mass is 15.0. The Morgan fingerprint density at radius 3 is 2.09 bits per heavy atom. The third-order valence-corrected chi connectivity index (χ3v) is 9.54. The average molecular weight is 551 g/mol. The molecule has 6 aromatic carbocycles. The van der Waals surface area contributed by atoms with Gasteiger partial charge in [0, 0.05) is 33.2 Å². The van der Waals surface area contributed by atoms with Gasteiger partial charge in [0.05, 0.1) is 11.0 Å². The standard InChI is InChI=1S/C41H30N2/c1-41(2)35-14-8-6-12-31(35)34-25-38-29(23-36(34)41)17-16-28-22-26(19-21-37(28)42-38)27-18-20-33-32-13-7-9-15-39(32)43(40(33)24-27)30-10-4-3-5-11-30/h3-25,42H,1-2H3. The van der Waals surface area contributed by atoms with Crippen molar-refractivity contribution in [3.63, 3.8) is 0 Å². The van der Waals surface area contributed by atoms with Gasteiger partial charge >= 0.3 is 0 Å². The van der Waals surface area contributed by atoms with Crippen molar-refractivity contribution in [3.8, 4) is 27.9 Å². The molecule has 1 aromatic heterocycles. The van der Waals surface area contributed by atoms with Gasteiger partial charge in [0.1, 0.15) is 0 Å². The van der Waals surface area contributed by atoms with E-state index in [1.54, 1.807) is 0 Å². The van der Waals surface area contributed by atoms with Crippen LogP contribution in [0.1, 0.15) is 36.1 Å². The first-order chi connectivity index (χ1) is 21.1. The zero-order valence-electron chi connectivity index (χ0n) is 24.2. The predicted molar refractivity (Wildman–Crippen MR) is 182 cm³/mol. The monoisotopic (exact) mass is 550 g/mol. The second-order valence-corrected chi connectivity index (χ2v) is 12.3. The van der Waals surface area contributed by atoms with E-state index in [0.29, 0.717) is 0 Å². The van der Waals surface area contributed by atoms with E-state index in [1.165, 1.54) is 72.0 Å². The maximum absolute atomic E-state index is 3.78. The van der Waals surface area contributed by atoms with Crippen molar-refractivity contribution in [2.75, 3.05) is 5.32 Å². The van der Waals surface area contributed by atoms with Crippen LogP contribution in [-0.4, -0.2) is 4.57 Å². The number of anilines is 2. The minimum atomic E-state index is -0.0119. The highest BCUT2D eigenvalue weighted by Crippen LogP contribution is 2.51. The summed E-state index contributed by atoms with van der Waals surface area (Å²) in [5.41, 5.74) is 16.2. The van der Waals surface area contributed by atoms with Crippen molar-refractivity contribution >= 4 is 45.3 Å². The van der Waals surface area contributed by atoms with Gasteiger partial charge in [-0.15, -0.1) is 0 Å². The number of hydrogen-bond donors (Lipinski definition) is 1. The lowest BCUT2D eigenvalue weighted by atomic mass is 9.82. The van der Waals surface area contributed by atoms with Crippen molar-refractivity contribution < 1.29 is 0 Å². The van der Waals surface area contributed by atoms with Gasteiger partial charge in [-0.25, -0.2) is 0 Å². The van der Waals surface area contributed by atoms with Crippen molar-refractivity contribution in [1.82, 2.24) is 4.57 Å². The number of benzene rings is 6. The first kappa shape index (κ1) is 24.3. The molecule has 2 aliphatic rings. The maximum atomic E-state index is 3.78. The minimum Gasteiger partial charge on any atom is -0.355 e. The Kier molecular flexibility index (Phi) is 4.99. The quantitative estimate of drug-likeness (QED) is 0.226. The normalized spacial score (nSPS) is 14.1. The highest BCUT2D eigenvalue weighted by molar-refractivity contribution is 6.10. The van der Waals surface area contributed by atoms with Gasteiger partial charge in [-0.05, 0) is 93.0 Å². The largest absolute Gasteiger partial charge is 0.355 e. The second-order valence-electron chi connectivity index (χ2n) is 12.3. The topological polar surface area (TPSA) is 17.0 Å². The summed E-state index contributed by atoms with van der Waals surface area (Å²) in [5.74, 6) is 0. The molecular weight excluding hydrogens is 520 g/mol. The molecule has 0 amide bonds. The van der Waals surface area contributed by atoms with E-state index in [2.05, 4.69) is 163 Å². The Morgan fingerprint density at radius 1 is 0.512 bits per heavy atom. The molecule has 0 fully saturated rings. The molecule has 2 heterocycles. The fourth-order valence-electron chi connectivity index (χ4n) is 7.33. The number of para-hydroxylation sites is 2. The minimum absolute atomic E-state index is 0.0119. The van der Waals surface area contributed by atoms with E-state index in [0.717, 1.165) is 11.4 Å². The highest BCUT2D eigenvalue weighted by Gasteiger charge is 2.36. The first-order valence-electron chi connectivity index (χ1n) is 15.0. The summed E-state index contributed by atoms with van der Waals surface area (Å²) in [6, 6.07) is 46.6. The fraction of sp³-hybridized carbons (Fsp3) is 0.0732. The van der Waals surface area contributed by atoms with Crippen LogP contribution in [0.5, 0.6) is 0 Å². The van der Waals surface area contributed by atoms with Crippen LogP contribution in [0.2, 0.25) is 0 Å². The predicted octanol–water partition coefficient (Wildman–Crippen LogP) is 11.0. The van der Waals surface area contributed by atoms with Gasteiger partial charge in [0.2, 0.25) is 0 Å². The molecule has 9 rings (SSSR count). The number of fused-ring (bicyclic) bond motifs is 8. The van der Waals surface area contributed by atoms with E-state index in [-0.39, 0.29) is 5.41 Å². The van der Waals surface area contributed by atoms with Crippen molar-refractivity contribution in [2.45, 2.75) is 19.3 Å². The molecular formula is C41H30N2. The van der Waals surface area contributed by atoms with Gasteiger partial charge in [-0.2, -0.15) is 0 Å². The van der Waals surface area contributed by atoms with Crippen LogP contribution in [0.25, 0.3) is 61.9 Å². The molecule has 0 saturated heterocycles. The molecule has 204 valence electrons. The van der Waals surface area contributed by atoms with Crippen LogP contribution in [0, 0.1) is 0 Å². The van der Waals surface area contributed by atoms with E-state index in [9.17, 15) is 0 Å². The van der Waals surface area contributed by atoms with Crippen LogP contribution in [0.3, 0.4) is 0 Å². The Bertz CT molecular complexity index is 2280. The number of nitrogens with one attached hydrogen (secondary N) is 1. The number of hydrogen-bond acceptors (Lipinski definition) is 1. The SMILES string of the molecule is CC1(C)c2ccccc2-c2cc3c(cc21)C=Cc1cc(-c2ccc4c5ccccc5n(-c5ccccc5)c4c2)ccc1N3. The molecule has 2 heteroatoms. The summed E-state index contributed by atoms with van der Waals surface area (Å²) in [5, 5.41) is 6.33. The summed E-state index contributed by atoms with van der Waals surface area (Å²) in [4.78, 5) is 0. The van der Waals surface area contributed by atoms with Crippen LogP contribution in [0.15, 0.2) is 127 Å². The van der Waals surface area contributed by atoms with E-state index >= 15 is 0 Å². The van der Waals surface area contributed by atoms with Crippen molar-refractivity contribution in [2.24, 2.45) is 0 Å². The molecule has 0 atom stereocenters. The van der Waals surface area contributed by atoms with Gasteiger partial charge in [0.15, 0.2) is 0 Å². The number of nitrogens with zero attached hydrogens (tertiary/aromatic N) is 1. The molecule has 1 N–H and O–H groups in total. The molecule has 0 saturated carbocycles. The Balaban J connectivity index is 1.15. The molecule has 0 unspecified atom stereocenters. The van der Waals surface area contributed by atoms with E-state index in [1.807, 2.05) is 0 Å². The summed E-state index contributed by atoms with van der Waals surface area (Å²) >= 11 is 0. The van der Waals surface area contributed by atoms with E-state index in [4.69, 9.17) is 0 Å². The lowest BCUT2D eigenvalue weighted by molar-refractivity contribution is 0.660. The fourth-order valence-corrected chi connectivity index (χ4v) is 7.33. The number of rotatable bonds is 2. The summed E-state index contributed by atoms with van der Waals surface area (Å²) in [6.45, 7) is 4.68. The molecule has 0 bridgehead atoms. The van der Waals surface area contributed by atoms with Crippen LogP contribution < -0.4 is 5.32 Å². The summed E-state index contributed by atoms with van der Waals surface area (Å²) in [6.07, 6.45) is 4.53. The lowest BCUT2D eigenvalue weighted by Crippen LogP contribution is -2.15. The third kappa shape index (κ3) is 3.53. The lowest BCUT2D eigenvalue weighted by Gasteiger charge is -2.22. The molecule has 0 radical (unpaired) electrons. The van der Waals surface area contributed by atoms with Gasteiger partial charge in [0.25, 0.3) is 0 Å². The Morgan fingerprint density at radius 2 is 1.21 bits per heavy atom. The van der Waals surface area contributed by atoms with Crippen molar-refractivity contribution in [1.29, 1.82) is 0 Å². The number of aromatic nitrogens is 1. The zero-order valence-corrected chi connectivity index (χ0v) is 24.2. The maximum Gasteiger partial charge on any atom is 0.0547 e. The van der Waals surface area contributed by atoms with Crippen LogP contribution in [0.4, 0.5) is 11.4 Å². The molecule has 2 nitrogen and oxygen atoms in total. The van der Waals surface area contributed by atoms with Crippen LogP contribution in [-0.2, 0) is 5.41 Å². The van der Waals surface area contributed by atoms with E-state index < -0.39 is 0 Å². The summed E-state index contributed by atoms with van der Waals surface area (Å²) in [7, 11) is 0. The zero-order chi connectivity index (χ0) is 28.7. The Labute approximate surface area is 251 Å². The third-order valence-electron chi connectivity index (χ3n) is 9.54. The van der Waals surface area contributed by atoms with Gasteiger partial charge < -0.3 is 9.88 Å². The second kappa shape index (κ2) is 8.83. The van der Waals surface area contributed by atoms with Gasteiger partial charge in [-0.3, -0.25) is 0 Å². The van der Waals surface area contributed by atoms with Gasteiger partial charge in [-0.1, -0.05) is 105 Å². The molecule has 1 aliphatic heterocycles. The molecule has 0 spiro atoms. The average Bonchev–Trinajstić information content (AvgIpc) is 3.40. The first-order valence-corrected chi connectivity index (χ1v) is 15.0. The summed E-state index contributed by atoms with van der Waals surface area (Å²) < 4.78 is 2.38. The smallest absolute Gasteiger partial charge is 0.0547 e. The molecule has 1 aliphatic carbocycles. The molecule has 7 aromatic rings. The van der Waals surface area contributed by atoms with Crippen molar-refractivity contribution in [3.05, 3.63) is 150 Å². The van der Waals surface area contributed by atoms with Crippen LogP contribution >= 0.6 is 0 Å². The molecule has 43 heavy (non-hydrogen) atoms. The Hall–Kier alpha value is -5.34.